The van der Waals surface area contributed by atoms with Crippen molar-refractivity contribution in [2.24, 2.45) is 0 Å². The highest BCUT2D eigenvalue weighted by molar-refractivity contribution is 7.99. The number of nitrogens with zero attached hydrogens (tertiary/aromatic N) is 5. The largest absolute Gasteiger partial charge is 0.417 e. The third-order valence-electron chi connectivity index (χ3n) is 3.44. The molecule has 0 saturated heterocycles. The number of hydrogen-bond donors (Lipinski definition) is 0. The van der Waals surface area contributed by atoms with E-state index in [1.54, 1.807) is 0 Å². The SMILES string of the molecule is CC(Sc1nnc2ccc(C(F)(F)F)cn12)c1nc(C(C)(C)C)no1. The number of fused-ring (bicyclic) bond motifs is 1. The van der Waals surface area contributed by atoms with Crippen molar-refractivity contribution in [3.8, 4) is 0 Å². The highest BCUT2D eigenvalue weighted by atomic mass is 32.2. The predicted octanol–water partition coefficient (Wildman–Crippen LogP) is 4.28. The Bertz CT molecular complexity index is 897. The molecule has 10 heteroatoms. The normalized spacial score (nSPS) is 14.2. The molecule has 6 nitrogen and oxygen atoms in total. The van der Waals surface area contributed by atoms with Crippen molar-refractivity contribution in [3.05, 3.63) is 35.6 Å². The highest BCUT2D eigenvalue weighted by Gasteiger charge is 2.31. The second-order valence-electron chi connectivity index (χ2n) is 6.59. The Morgan fingerprint density at radius 3 is 2.48 bits per heavy atom. The maximum Gasteiger partial charge on any atom is 0.417 e. The van der Waals surface area contributed by atoms with Gasteiger partial charge in [-0.15, -0.1) is 10.2 Å². The molecule has 0 aliphatic rings. The van der Waals surface area contributed by atoms with Gasteiger partial charge in [0.25, 0.3) is 0 Å². The Balaban J connectivity index is 1.88. The lowest BCUT2D eigenvalue weighted by Gasteiger charge is -2.11. The van der Waals surface area contributed by atoms with Crippen LogP contribution in [0.2, 0.25) is 0 Å². The molecule has 0 amide bonds. The standard InChI is InChI=1S/C15H16F3N5OS/c1-8(11-19-12(22-24-11)14(2,3)4)25-13-21-20-10-6-5-9(7-23(10)13)15(16,17)18/h5-8H,1-4H3. The molecule has 1 unspecified atom stereocenters. The predicted molar refractivity (Wildman–Crippen MR) is 85.3 cm³/mol. The van der Waals surface area contributed by atoms with Crippen LogP contribution < -0.4 is 0 Å². The summed E-state index contributed by atoms with van der Waals surface area (Å²) >= 11 is 1.20. The van der Waals surface area contributed by atoms with E-state index in [0.29, 0.717) is 22.5 Å². The lowest BCUT2D eigenvalue weighted by atomic mass is 9.96. The third-order valence-corrected chi connectivity index (χ3v) is 4.49. The van der Waals surface area contributed by atoms with E-state index < -0.39 is 11.7 Å². The first-order chi connectivity index (χ1) is 11.6. The van der Waals surface area contributed by atoms with E-state index in [-0.39, 0.29) is 10.7 Å². The summed E-state index contributed by atoms with van der Waals surface area (Å²) in [5, 5.41) is 11.8. The van der Waals surface area contributed by atoms with Crippen molar-refractivity contribution >= 4 is 17.4 Å². The van der Waals surface area contributed by atoms with Gasteiger partial charge in [-0.1, -0.05) is 37.7 Å². The van der Waals surface area contributed by atoms with Crippen molar-refractivity contribution in [1.82, 2.24) is 24.7 Å². The number of hydrogen-bond acceptors (Lipinski definition) is 6. The maximum atomic E-state index is 12.9. The van der Waals surface area contributed by atoms with Gasteiger partial charge in [0.2, 0.25) is 5.89 Å². The summed E-state index contributed by atoms with van der Waals surface area (Å²) in [5.74, 6) is 0.957. The van der Waals surface area contributed by atoms with Crippen molar-refractivity contribution in [3.63, 3.8) is 0 Å². The van der Waals surface area contributed by atoms with Gasteiger partial charge in [0.1, 0.15) is 0 Å². The molecule has 0 bridgehead atoms. The van der Waals surface area contributed by atoms with Crippen LogP contribution in [-0.4, -0.2) is 24.7 Å². The van der Waals surface area contributed by atoms with Crippen molar-refractivity contribution in [2.75, 3.05) is 0 Å². The number of alkyl halides is 3. The molecular weight excluding hydrogens is 355 g/mol. The van der Waals surface area contributed by atoms with E-state index >= 15 is 0 Å². The fraction of sp³-hybridized carbons (Fsp3) is 0.467. The molecule has 0 spiro atoms. The van der Waals surface area contributed by atoms with Crippen LogP contribution in [0, 0.1) is 0 Å². The molecule has 3 heterocycles. The first-order valence-electron chi connectivity index (χ1n) is 7.48. The van der Waals surface area contributed by atoms with Crippen LogP contribution in [-0.2, 0) is 11.6 Å². The van der Waals surface area contributed by atoms with E-state index in [4.69, 9.17) is 4.52 Å². The second-order valence-corrected chi connectivity index (χ2v) is 7.90. The minimum atomic E-state index is -4.43. The van der Waals surface area contributed by atoms with Crippen LogP contribution in [0.15, 0.2) is 28.0 Å². The highest BCUT2D eigenvalue weighted by Crippen LogP contribution is 2.35. The van der Waals surface area contributed by atoms with Gasteiger partial charge in [-0.25, -0.2) is 0 Å². The third kappa shape index (κ3) is 3.63. The van der Waals surface area contributed by atoms with Crippen LogP contribution in [0.25, 0.3) is 5.65 Å². The molecule has 0 aromatic carbocycles. The number of aromatic nitrogens is 5. The molecule has 0 fully saturated rings. The summed E-state index contributed by atoms with van der Waals surface area (Å²) < 4.78 is 45.3. The first kappa shape index (κ1) is 17.7. The van der Waals surface area contributed by atoms with Gasteiger partial charge in [-0.2, -0.15) is 18.2 Å². The molecule has 0 radical (unpaired) electrons. The minimum Gasteiger partial charge on any atom is -0.338 e. The average molecular weight is 371 g/mol. The van der Waals surface area contributed by atoms with Crippen LogP contribution in [0.4, 0.5) is 13.2 Å². The number of rotatable bonds is 3. The molecule has 3 rings (SSSR count). The van der Waals surface area contributed by atoms with E-state index in [1.165, 1.54) is 22.2 Å². The monoisotopic (exact) mass is 371 g/mol. The maximum absolute atomic E-state index is 12.9. The second kappa shape index (κ2) is 6.01. The minimum absolute atomic E-state index is 0.255. The van der Waals surface area contributed by atoms with Gasteiger partial charge in [0.05, 0.1) is 10.8 Å². The topological polar surface area (TPSA) is 69.1 Å². The summed E-state index contributed by atoms with van der Waals surface area (Å²) in [6.07, 6.45) is -3.45. The molecule has 3 aromatic heterocycles. The lowest BCUT2D eigenvalue weighted by Crippen LogP contribution is -2.13. The van der Waals surface area contributed by atoms with Gasteiger partial charge in [0.15, 0.2) is 16.6 Å². The van der Waals surface area contributed by atoms with E-state index in [1.807, 2.05) is 27.7 Å². The Hall–Kier alpha value is -2.10. The zero-order valence-electron chi connectivity index (χ0n) is 14.0. The molecule has 134 valence electrons. The molecule has 0 aliphatic carbocycles. The zero-order chi connectivity index (χ0) is 18.4. The van der Waals surface area contributed by atoms with Gasteiger partial charge in [-0.3, -0.25) is 4.40 Å². The average Bonchev–Trinajstić information content (AvgIpc) is 3.12. The number of halogens is 3. The van der Waals surface area contributed by atoms with Crippen LogP contribution in [0.5, 0.6) is 0 Å². The van der Waals surface area contributed by atoms with Crippen molar-refractivity contribution < 1.29 is 17.7 Å². The molecule has 25 heavy (non-hydrogen) atoms. The molecule has 0 N–H and O–H groups in total. The van der Waals surface area contributed by atoms with E-state index in [9.17, 15) is 13.2 Å². The fourth-order valence-electron chi connectivity index (χ4n) is 2.03. The van der Waals surface area contributed by atoms with E-state index in [0.717, 1.165) is 12.3 Å². The molecule has 3 aromatic rings. The number of pyridine rings is 1. The molecule has 0 aliphatic heterocycles. The summed E-state index contributed by atoms with van der Waals surface area (Å²) in [7, 11) is 0. The Kier molecular flexibility index (Phi) is 4.26. The lowest BCUT2D eigenvalue weighted by molar-refractivity contribution is -0.137. The summed E-state index contributed by atoms with van der Waals surface area (Å²) in [6.45, 7) is 7.71. The van der Waals surface area contributed by atoms with Crippen LogP contribution in [0.3, 0.4) is 0 Å². The Morgan fingerprint density at radius 2 is 1.88 bits per heavy atom. The number of thioether (sulfide) groups is 1. The Morgan fingerprint density at radius 1 is 1.16 bits per heavy atom. The fourth-order valence-corrected chi connectivity index (χ4v) is 2.89. The summed E-state index contributed by atoms with van der Waals surface area (Å²) in [5.41, 5.74) is -0.680. The van der Waals surface area contributed by atoms with Crippen molar-refractivity contribution in [2.45, 2.75) is 49.7 Å². The van der Waals surface area contributed by atoms with Gasteiger partial charge >= 0.3 is 6.18 Å². The molecule has 1 atom stereocenters. The zero-order valence-corrected chi connectivity index (χ0v) is 14.8. The smallest absolute Gasteiger partial charge is 0.338 e. The quantitative estimate of drug-likeness (QED) is 0.640. The first-order valence-corrected chi connectivity index (χ1v) is 8.36. The van der Waals surface area contributed by atoms with E-state index in [2.05, 4.69) is 20.3 Å². The summed E-state index contributed by atoms with van der Waals surface area (Å²) in [6, 6.07) is 2.27. The van der Waals surface area contributed by atoms with Gasteiger partial charge in [-0.05, 0) is 19.1 Å². The van der Waals surface area contributed by atoms with Crippen molar-refractivity contribution in [1.29, 1.82) is 0 Å². The van der Waals surface area contributed by atoms with Crippen LogP contribution >= 0.6 is 11.8 Å². The Labute approximate surface area is 145 Å². The summed E-state index contributed by atoms with van der Waals surface area (Å²) in [4.78, 5) is 4.36. The van der Waals surface area contributed by atoms with Crippen LogP contribution in [0.1, 0.15) is 50.2 Å². The van der Waals surface area contributed by atoms with Gasteiger partial charge < -0.3 is 4.52 Å². The van der Waals surface area contributed by atoms with Gasteiger partial charge in [0, 0.05) is 11.6 Å². The molecular formula is C15H16F3N5OS. The molecule has 0 saturated carbocycles.